The summed E-state index contributed by atoms with van der Waals surface area (Å²) in [4.78, 5) is 83.3. The zero-order valence-electron chi connectivity index (χ0n) is 28.5. The molecule has 0 aromatic heterocycles. The third-order valence-corrected chi connectivity index (χ3v) is 11.2. The molecule has 258 valence electrons. The summed E-state index contributed by atoms with van der Waals surface area (Å²) in [6, 6.07) is 20.5. The number of hydrogen-bond acceptors (Lipinski definition) is 7. The number of rotatable bonds is 9. The van der Waals surface area contributed by atoms with Gasteiger partial charge in [0.05, 0.1) is 17.8 Å². The Bertz CT molecular complexity index is 2070. The van der Waals surface area contributed by atoms with Crippen LogP contribution in [0.15, 0.2) is 72.8 Å². The number of ether oxygens (including phenoxy) is 1. The van der Waals surface area contributed by atoms with Gasteiger partial charge in [-0.1, -0.05) is 49.9 Å². The van der Waals surface area contributed by atoms with E-state index >= 15 is 0 Å². The molecule has 4 amide bonds. The van der Waals surface area contributed by atoms with Crippen molar-refractivity contribution in [3.05, 3.63) is 106 Å². The summed E-state index contributed by atoms with van der Waals surface area (Å²) < 4.78 is 5.64. The number of benzene rings is 4. The number of carbonyl (C=O) groups excluding carboxylic acids is 6. The second-order valence-corrected chi connectivity index (χ2v) is 14.2. The van der Waals surface area contributed by atoms with Gasteiger partial charge >= 0.3 is 5.97 Å². The third kappa shape index (κ3) is 5.65. The summed E-state index contributed by atoms with van der Waals surface area (Å²) >= 11 is 0. The predicted octanol–water partition coefficient (Wildman–Crippen LogP) is 8.24. The Labute approximate surface area is 295 Å². The molecular weight excluding hydrogens is 644 g/mol. The summed E-state index contributed by atoms with van der Waals surface area (Å²) in [7, 11) is 0. The Morgan fingerprint density at radius 3 is 1.71 bits per heavy atom. The van der Waals surface area contributed by atoms with Crippen LogP contribution in [0.25, 0.3) is 10.8 Å². The average molecular weight is 683 g/mol. The molecule has 2 aliphatic heterocycles. The smallest absolute Gasteiger partial charge is 0.306 e. The van der Waals surface area contributed by atoms with Crippen LogP contribution in [0.4, 0.5) is 11.4 Å². The molecule has 8 rings (SSSR count). The maximum Gasteiger partial charge on any atom is 0.306 e. The highest BCUT2D eigenvalue weighted by Gasteiger charge is 2.41. The fraction of sp³-hybridized carbons (Fsp3) is 0.333. The molecule has 0 N–H and O–H groups in total. The number of nitrogens with zero attached hydrogens (tertiary/aromatic N) is 2. The molecule has 4 aromatic rings. The summed E-state index contributed by atoms with van der Waals surface area (Å²) in [6.45, 7) is 1.70. The normalized spacial score (nSPS) is 18.2. The van der Waals surface area contributed by atoms with E-state index in [1.165, 1.54) is 23.3 Å². The van der Waals surface area contributed by atoms with E-state index in [-0.39, 0.29) is 46.8 Å². The van der Waals surface area contributed by atoms with Crippen molar-refractivity contribution in [3.8, 4) is 0 Å². The second kappa shape index (κ2) is 13.0. The van der Waals surface area contributed by atoms with E-state index in [4.69, 9.17) is 4.74 Å². The van der Waals surface area contributed by atoms with E-state index in [0.29, 0.717) is 33.6 Å². The van der Waals surface area contributed by atoms with Crippen molar-refractivity contribution in [1.29, 1.82) is 0 Å². The molecule has 0 spiro atoms. The van der Waals surface area contributed by atoms with Gasteiger partial charge < -0.3 is 4.74 Å². The number of esters is 1. The average Bonchev–Trinajstić information content (AvgIpc) is 3.89. The summed E-state index contributed by atoms with van der Waals surface area (Å²) in [5.74, 6) is -2.03. The monoisotopic (exact) mass is 682 g/mol. The van der Waals surface area contributed by atoms with E-state index in [1.54, 1.807) is 55.5 Å². The first-order valence-corrected chi connectivity index (χ1v) is 18.0. The van der Waals surface area contributed by atoms with Crippen LogP contribution < -0.4 is 9.80 Å². The maximum absolute atomic E-state index is 14.1. The van der Waals surface area contributed by atoms with Crippen LogP contribution in [0.1, 0.15) is 136 Å². The molecule has 1 atom stereocenters. The van der Waals surface area contributed by atoms with Crippen molar-refractivity contribution in [2.75, 3.05) is 9.80 Å². The zero-order valence-corrected chi connectivity index (χ0v) is 28.5. The van der Waals surface area contributed by atoms with E-state index in [2.05, 4.69) is 0 Å². The Balaban J connectivity index is 1.04. The van der Waals surface area contributed by atoms with Gasteiger partial charge in [-0.05, 0) is 98.2 Å². The standard InChI is InChI=1S/C42H38N2O7/c1-24(51-36(46)22-21-35(45)27-9-4-5-10-27)28-11-6-12-30(23-28)44-41(49)33-19-17-31-37-32(18-20-34(38(33)37)42(44)50)40(48)43(39(31)47)29-15-13-26(14-16-29)25-7-2-3-8-25/h6,11-20,23-25,27H,2-5,7-10,21-22H2,1H3. The molecule has 51 heavy (non-hydrogen) atoms. The Kier molecular flexibility index (Phi) is 8.37. The van der Waals surface area contributed by atoms with Crippen LogP contribution >= 0.6 is 0 Å². The van der Waals surface area contributed by atoms with Crippen LogP contribution in [0.2, 0.25) is 0 Å². The summed E-state index contributed by atoms with van der Waals surface area (Å²) in [5, 5.41) is 0.598. The fourth-order valence-corrected chi connectivity index (χ4v) is 8.42. The van der Waals surface area contributed by atoms with Crippen LogP contribution in [-0.4, -0.2) is 35.4 Å². The van der Waals surface area contributed by atoms with E-state index in [1.807, 2.05) is 24.3 Å². The molecule has 1 unspecified atom stereocenters. The largest absolute Gasteiger partial charge is 0.458 e. The number of carbonyl (C=O) groups is 6. The van der Waals surface area contributed by atoms with Crippen molar-refractivity contribution in [3.63, 3.8) is 0 Å². The lowest BCUT2D eigenvalue weighted by Crippen LogP contribution is -2.43. The van der Waals surface area contributed by atoms with Crippen molar-refractivity contribution < 1.29 is 33.5 Å². The fourth-order valence-electron chi connectivity index (χ4n) is 8.42. The number of ketones is 1. The van der Waals surface area contributed by atoms with Crippen LogP contribution in [0.3, 0.4) is 0 Å². The van der Waals surface area contributed by atoms with Gasteiger partial charge in [0.1, 0.15) is 11.9 Å². The van der Waals surface area contributed by atoms with Gasteiger partial charge in [-0.2, -0.15) is 0 Å². The number of amides is 4. The third-order valence-electron chi connectivity index (χ3n) is 11.2. The lowest BCUT2D eigenvalue weighted by molar-refractivity contribution is -0.149. The second-order valence-electron chi connectivity index (χ2n) is 14.2. The molecule has 2 aliphatic carbocycles. The van der Waals surface area contributed by atoms with E-state index < -0.39 is 35.7 Å². The zero-order chi connectivity index (χ0) is 35.4. The van der Waals surface area contributed by atoms with E-state index in [9.17, 15) is 28.8 Å². The molecule has 9 heteroatoms. The molecule has 4 aromatic carbocycles. The van der Waals surface area contributed by atoms with Crippen molar-refractivity contribution in [1.82, 2.24) is 0 Å². The minimum absolute atomic E-state index is 0.00267. The van der Waals surface area contributed by atoms with Gasteiger partial charge in [-0.3, -0.25) is 28.8 Å². The molecule has 0 bridgehead atoms. The number of anilines is 2. The Morgan fingerprint density at radius 1 is 0.647 bits per heavy atom. The first-order chi connectivity index (χ1) is 24.7. The topological polar surface area (TPSA) is 118 Å². The lowest BCUT2D eigenvalue weighted by atomic mass is 9.85. The minimum atomic E-state index is -0.688. The lowest BCUT2D eigenvalue weighted by Gasteiger charge is -2.32. The van der Waals surface area contributed by atoms with Gasteiger partial charge in [0, 0.05) is 45.4 Å². The van der Waals surface area contributed by atoms with Crippen LogP contribution in [-0.2, 0) is 14.3 Å². The molecule has 2 heterocycles. The SMILES string of the molecule is CC(OC(=O)CCC(=O)C1CCCC1)c1cccc(N2C(=O)c3ccc4c5c(ccc(c35)C2=O)C(=O)N(c2ccc(C3CCCC3)cc2)C4=O)c1. The van der Waals surface area contributed by atoms with E-state index in [0.717, 1.165) is 43.4 Å². The van der Waals surface area contributed by atoms with Crippen molar-refractivity contribution in [2.24, 2.45) is 5.92 Å². The molecular formula is C42H38N2O7. The Hall–Kier alpha value is -5.44. The number of imide groups is 2. The Morgan fingerprint density at radius 2 is 1.16 bits per heavy atom. The summed E-state index contributed by atoms with van der Waals surface area (Å²) in [5.41, 5.74) is 3.46. The van der Waals surface area contributed by atoms with Crippen molar-refractivity contribution >= 4 is 57.5 Å². The molecule has 0 radical (unpaired) electrons. The first-order valence-electron chi connectivity index (χ1n) is 18.0. The van der Waals surface area contributed by atoms with Crippen LogP contribution in [0.5, 0.6) is 0 Å². The molecule has 0 saturated heterocycles. The number of Topliss-reactive ketones (excluding diaryl/α,β-unsaturated/α-hetero) is 1. The van der Waals surface area contributed by atoms with Gasteiger partial charge in [0.15, 0.2) is 0 Å². The van der Waals surface area contributed by atoms with Gasteiger partial charge in [-0.15, -0.1) is 0 Å². The summed E-state index contributed by atoms with van der Waals surface area (Å²) in [6.07, 6.45) is 8.03. The van der Waals surface area contributed by atoms with Gasteiger partial charge in [-0.25, -0.2) is 9.80 Å². The molecule has 2 saturated carbocycles. The van der Waals surface area contributed by atoms with Crippen LogP contribution in [0, 0.1) is 5.92 Å². The first kappa shape index (κ1) is 32.7. The maximum atomic E-state index is 14.1. The minimum Gasteiger partial charge on any atom is -0.458 e. The van der Waals surface area contributed by atoms with Gasteiger partial charge in [0.2, 0.25) is 0 Å². The number of hydrogen-bond donors (Lipinski definition) is 0. The molecule has 4 aliphatic rings. The quantitative estimate of drug-likeness (QED) is 0.129. The highest BCUT2D eigenvalue weighted by Crippen LogP contribution is 2.41. The highest BCUT2D eigenvalue weighted by atomic mass is 16.5. The van der Waals surface area contributed by atoms with Gasteiger partial charge in [0.25, 0.3) is 23.6 Å². The molecule has 2 fully saturated rings. The molecule has 9 nitrogen and oxygen atoms in total. The van der Waals surface area contributed by atoms with Crippen molar-refractivity contribution in [2.45, 2.75) is 83.2 Å². The predicted molar refractivity (Wildman–Crippen MR) is 191 cm³/mol. The highest BCUT2D eigenvalue weighted by molar-refractivity contribution is 6.42.